The molecule has 9 nitrogen and oxygen atoms in total. The molecule has 2 aromatic heterocycles. The Morgan fingerprint density at radius 2 is 1.61 bits per heavy atom. The number of piperazine rings is 1. The van der Waals surface area contributed by atoms with E-state index in [4.69, 9.17) is 13.6 Å². The van der Waals surface area contributed by atoms with Crippen LogP contribution in [0.15, 0.2) is 87.9 Å². The van der Waals surface area contributed by atoms with Crippen LogP contribution < -0.4 is 4.74 Å². The van der Waals surface area contributed by atoms with Gasteiger partial charge in [-0.1, -0.05) is 36.4 Å². The highest BCUT2D eigenvalue weighted by Crippen LogP contribution is 2.38. The molecule has 2 aliphatic rings. The van der Waals surface area contributed by atoms with Gasteiger partial charge >= 0.3 is 0 Å². The molecule has 1 fully saturated rings. The van der Waals surface area contributed by atoms with Gasteiger partial charge in [0.2, 0.25) is 5.91 Å². The Kier molecular flexibility index (Phi) is 7.33. The number of furan rings is 2. The smallest absolute Gasteiger partial charge is 0.290 e. The van der Waals surface area contributed by atoms with Crippen LogP contribution in [0.2, 0.25) is 0 Å². The summed E-state index contributed by atoms with van der Waals surface area (Å²) in [5.74, 6) is 1.40. The van der Waals surface area contributed by atoms with Gasteiger partial charge in [0.1, 0.15) is 18.1 Å². The van der Waals surface area contributed by atoms with Gasteiger partial charge in [-0.2, -0.15) is 0 Å². The number of carbonyl (C=O) groups is 3. The van der Waals surface area contributed by atoms with Gasteiger partial charge in [-0.05, 0) is 59.5 Å². The van der Waals surface area contributed by atoms with Gasteiger partial charge in [-0.15, -0.1) is 0 Å². The van der Waals surface area contributed by atoms with E-state index in [9.17, 15) is 14.4 Å². The average Bonchev–Trinajstić information content (AvgIpc) is 3.72. The fraction of sp³-hybridized carbons (Fsp3) is 0.281. The summed E-state index contributed by atoms with van der Waals surface area (Å²) in [5.41, 5.74) is 3.16. The van der Waals surface area contributed by atoms with E-state index in [0.29, 0.717) is 50.0 Å². The Hall–Kier alpha value is -4.79. The average molecular weight is 554 g/mol. The van der Waals surface area contributed by atoms with Gasteiger partial charge in [-0.25, -0.2) is 0 Å². The number of ether oxygens (including phenoxy) is 1. The number of hydrogen-bond donors (Lipinski definition) is 0. The lowest BCUT2D eigenvalue weighted by Gasteiger charge is -2.37. The minimum absolute atomic E-state index is 0.0173. The molecule has 41 heavy (non-hydrogen) atoms. The Bertz CT molecular complexity index is 1540. The summed E-state index contributed by atoms with van der Waals surface area (Å²) in [6, 6.07) is 22.4. The van der Waals surface area contributed by atoms with Crippen LogP contribution in [0.25, 0.3) is 0 Å². The maximum Gasteiger partial charge on any atom is 0.290 e. The van der Waals surface area contributed by atoms with Crippen LogP contribution in [0.1, 0.15) is 56.5 Å². The molecule has 1 saturated heterocycles. The predicted molar refractivity (Wildman–Crippen MR) is 149 cm³/mol. The van der Waals surface area contributed by atoms with Crippen LogP contribution in [-0.2, 0) is 17.8 Å². The number of nitrogens with zero attached hydrogens (tertiary/aromatic N) is 3. The second kappa shape index (κ2) is 11.4. The standard InChI is InChI=1S/C32H31N3O6/c1-22(36)33-15-17-34(18-16-33)31(37)29-12-11-26(41-29)21-40-25-10-9-23-13-14-35(32(38)28-8-5-19-39-28)30(27(23)20-25)24-6-3-2-4-7-24/h2-12,19-20,30H,13-18,21H2,1H3. The zero-order chi connectivity index (χ0) is 28.3. The predicted octanol–water partition coefficient (Wildman–Crippen LogP) is 4.54. The van der Waals surface area contributed by atoms with Crippen LogP contribution in [0, 0.1) is 0 Å². The Morgan fingerprint density at radius 3 is 2.34 bits per heavy atom. The fourth-order valence-electron chi connectivity index (χ4n) is 5.54. The molecule has 9 heteroatoms. The summed E-state index contributed by atoms with van der Waals surface area (Å²) < 4.78 is 17.4. The van der Waals surface area contributed by atoms with Crippen LogP contribution in [0.5, 0.6) is 5.75 Å². The van der Waals surface area contributed by atoms with Crippen molar-refractivity contribution in [3.8, 4) is 5.75 Å². The first-order chi connectivity index (χ1) is 20.0. The highest BCUT2D eigenvalue weighted by Gasteiger charge is 2.34. The SMILES string of the molecule is CC(=O)N1CCN(C(=O)c2ccc(COc3ccc4c(c3)C(c3ccccc3)N(C(=O)c3ccco3)CC4)o2)CC1. The van der Waals surface area contributed by atoms with E-state index in [0.717, 1.165) is 23.1 Å². The first kappa shape index (κ1) is 26.4. The Morgan fingerprint density at radius 1 is 0.829 bits per heavy atom. The molecule has 210 valence electrons. The highest BCUT2D eigenvalue weighted by molar-refractivity contribution is 5.92. The van der Waals surface area contributed by atoms with Crippen molar-refractivity contribution in [1.29, 1.82) is 0 Å². The molecule has 1 atom stereocenters. The molecule has 4 aromatic rings. The molecular formula is C32H31N3O6. The summed E-state index contributed by atoms with van der Waals surface area (Å²) in [5, 5.41) is 0. The molecule has 6 rings (SSSR count). The number of fused-ring (bicyclic) bond motifs is 1. The van der Waals surface area contributed by atoms with Crippen LogP contribution in [0.4, 0.5) is 0 Å². The van der Waals surface area contributed by atoms with Gasteiger partial charge in [-0.3, -0.25) is 14.4 Å². The maximum atomic E-state index is 13.4. The van der Waals surface area contributed by atoms with E-state index in [1.54, 1.807) is 34.1 Å². The lowest BCUT2D eigenvalue weighted by Crippen LogP contribution is -2.50. The van der Waals surface area contributed by atoms with Crippen molar-refractivity contribution in [3.05, 3.63) is 113 Å². The third kappa shape index (κ3) is 5.48. The van der Waals surface area contributed by atoms with E-state index >= 15 is 0 Å². The van der Waals surface area contributed by atoms with Crippen LogP contribution in [-0.4, -0.2) is 65.1 Å². The normalized spacial score (nSPS) is 16.8. The lowest BCUT2D eigenvalue weighted by molar-refractivity contribution is -0.130. The first-order valence-electron chi connectivity index (χ1n) is 13.8. The minimum Gasteiger partial charge on any atom is -0.486 e. The van der Waals surface area contributed by atoms with Crippen molar-refractivity contribution in [2.75, 3.05) is 32.7 Å². The monoisotopic (exact) mass is 553 g/mol. The van der Waals surface area contributed by atoms with E-state index in [-0.39, 0.29) is 36.1 Å². The summed E-state index contributed by atoms with van der Waals surface area (Å²) in [6.45, 7) is 4.24. The lowest BCUT2D eigenvalue weighted by atomic mass is 9.87. The highest BCUT2D eigenvalue weighted by atomic mass is 16.5. The van der Waals surface area contributed by atoms with Crippen molar-refractivity contribution in [2.24, 2.45) is 0 Å². The van der Waals surface area contributed by atoms with Gasteiger partial charge < -0.3 is 28.3 Å². The molecule has 0 radical (unpaired) electrons. The second-order valence-electron chi connectivity index (χ2n) is 10.3. The largest absolute Gasteiger partial charge is 0.486 e. The third-order valence-corrected chi connectivity index (χ3v) is 7.72. The Balaban J connectivity index is 1.18. The summed E-state index contributed by atoms with van der Waals surface area (Å²) >= 11 is 0. The number of rotatable bonds is 6. The first-order valence-corrected chi connectivity index (χ1v) is 13.8. The van der Waals surface area contributed by atoms with Crippen molar-refractivity contribution in [3.63, 3.8) is 0 Å². The summed E-state index contributed by atoms with van der Waals surface area (Å²) in [6.07, 6.45) is 2.23. The molecule has 0 N–H and O–H groups in total. The summed E-state index contributed by atoms with van der Waals surface area (Å²) in [4.78, 5) is 43.2. The maximum absolute atomic E-state index is 13.4. The van der Waals surface area contributed by atoms with Crippen molar-refractivity contribution in [1.82, 2.24) is 14.7 Å². The zero-order valence-corrected chi connectivity index (χ0v) is 22.8. The van der Waals surface area contributed by atoms with Crippen molar-refractivity contribution >= 4 is 17.7 Å². The van der Waals surface area contributed by atoms with E-state index < -0.39 is 0 Å². The Labute approximate surface area is 237 Å². The fourth-order valence-corrected chi connectivity index (χ4v) is 5.54. The molecule has 0 saturated carbocycles. The van der Waals surface area contributed by atoms with Gasteiger partial charge in [0, 0.05) is 39.6 Å². The molecule has 3 amide bonds. The summed E-state index contributed by atoms with van der Waals surface area (Å²) in [7, 11) is 0. The van der Waals surface area contributed by atoms with E-state index in [1.165, 1.54) is 13.2 Å². The molecule has 2 aliphatic heterocycles. The zero-order valence-electron chi connectivity index (χ0n) is 22.8. The number of amides is 3. The molecule has 2 aromatic carbocycles. The molecule has 4 heterocycles. The molecule has 0 bridgehead atoms. The minimum atomic E-state index is -0.294. The molecule has 0 aliphatic carbocycles. The van der Waals surface area contributed by atoms with Gasteiger partial charge in [0.15, 0.2) is 11.5 Å². The van der Waals surface area contributed by atoms with Crippen molar-refractivity contribution in [2.45, 2.75) is 26.0 Å². The molecule has 0 spiro atoms. The molecular weight excluding hydrogens is 522 g/mol. The van der Waals surface area contributed by atoms with Crippen molar-refractivity contribution < 1.29 is 28.0 Å². The van der Waals surface area contributed by atoms with E-state index in [2.05, 4.69) is 0 Å². The molecule has 1 unspecified atom stereocenters. The van der Waals surface area contributed by atoms with Gasteiger partial charge in [0.25, 0.3) is 11.8 Å². The number of hydrogen-bond acceptors (Lipinski definition) is 6. The van der Waals surface area contributed by atoms with Gasteiger partial charge in [0.05, 0.1) is 12.3 Å². The second-order valence-corrected chi connectivity index (χ2v) is 10.3. The number of benzene rings is 2. The topological polar surface area (TPSA) is 96.4 Å². The number of carbonyl (C=O) groups excluding carboxylic acids is 3. The quantitative estimate of drug-likeness (QED) is 0.348. The van der Waals surface area contributed by atoms with Crippen LogP contribution in [0.3, 0.4) is 0 Å². The van der Waals surface area contributed by atoms with Crippen LogP contribution >= 0.6 is 0 Å². The van der Waals surface area contributed by atoms with E-state index in [1.807, 2.05) is 53.4 Å². The third-order valence-electron chi connectivity index (χ3n) is 7.72.